The van der Waals surface area contributed by atoms with Gasteiger partial charge in [-0.15, -0.1) is 0 Å². The van der Waals surface area contributed by atoms with Crippen molar-refractivity contribution in [2.75, 3.05) is 19.7 Å². The summed E-state index contributed by atoms with van der Waals surface area (Å²) >= 11 is 0. The lowest BCUT2D eigenvalue weighted by Gasteiger charge is -2.44. The van der Waals surface area contributed by atoms with Crippen LogP contribution in [0.5, 0.6) is 0 Å². The van der Waals surface area contributed by atoms with Gasteiger partial charge in [0.15, 0.2) is 0 Å². The molecule has 2 aliphatic heterocycles. The molecule has 1 amide bonds. The zero-order valence-electron chi connectivity index (χ0n) is 13.8. The van der Waals surface area contributed by atoms with Crippen LogP contribution in [0.4, 0.5) is 0 Å². The molecule has 0 aromatic carbocycles. The van der Waals surface area contributed by atoms with Crippen LogP contribution in [0.15, 0.2) is 12.4 Å². The Morgan fingerprint density at radius 2 is 2.26 bits per heavy atom. The van der Waals surface area contributed by atoms with E-state index in [-0.39, 0.29) is 17.9 Å². The Bertz CT molecular complexity index is 569. The molecule has 0 spiro atoms. The Labute approximate surface area is 137 Å². The second kappa shape index (κ2) is 6.24. The highest BCUT2D eigenvalue weighted by atomic mass is 16.5. The van der Waals surface area contributed by atoms with Gasteiger partial charge in [0.25, 0.3) is 0 Å². The van der Waals surface area contributed by atoms with Gasteiger partial charge in [-0.05, 0) is 25.7 Å². The summed E-state index contributed by atoms with van der Waals surface area (Å²) in [5.41, 5.74) is 1.24. The van der Waals surface area contributed by atoms with Crippen molar-refractivity contribution in [2.24, 2.45) is 18.9 Å². The summed E-state index contributed by atoms with van der Waals surface area (Å²) in [6.45, 7) is 3.62. The number of nitrogens with one attached hydrogen (secondary N) is 1. The molecule has 6 nitrogen and oxygen atoms in total. The molecule has 1 aromatic rings. The van der Waals surface area contributed by atoms with Gasteiger partial charge in [-0.1, -0.05) is 0 Å². The number of carbonyl (C=O) groups excluding carboxylic acids is 1. The maximum atomic E-state index is 12.6. The molecule has 4 rings (SSSR count). The molecule has 2 saturated heterocycles. The standard InChI is InChI=1S/C17H26N4O2/c1-20-9-12(8-18-20)10-21-6-4-16-15(11-21)14(5-7-23-16)17(22)19-13-2-3-13/h8-9,13-16H,2-7,10-11H2,1H3,(H,19,22)/t14-,15+,16-/m1/s1. The van der Waals surface area contributed by atoms with Crippen molar-refractivity contribution in [1.82, 2.24) is 20.0 Å². The van der Waals surface area contributed by atoms with Gasteiger partial charge in [0.05, 0.1) is 12.3 Å². The van der Waals surface area contributed by atoms with Crippen molar-refractivity contribution in [1.29, 1.82) is 0 Å². The molecule has 1 aromatic heterocycles. The summed E-state index contributed by atoms with van der Waals surface area (Å²) in [6, 6.07) is 0.443. The van der Waals surface area contributed by atoms with Crippen LogP contribution in [0.3, 0.4) is 0 Å². The monoisotopic (exact) mass is 318 g/mol. The number of likely N-dealkylation sites (tertiary alicyclic amines) is 1. The van der Waals surface area contributed by atoms with E-state index in [4.69, 9.17) is 4.74 Å². The van der Waals surface area contributed by atoms with Gasteiger partial charge >= 0.3 is 0 Å². The van der Waals surface area contributed by atoms with Gasteiger partial charge in [0.1, 0.15) is 0 Å². The summed E-state index contributed by atoms with van der Waals surface area (Å²) in [5.74, 6) is 0.702. The molecule has 3 fully saturated rings. The van der Waals surface area contributed by atoms with Crippen LogP contribution in [0.2, 0.25) is 0 Å². The van der Waals surface area contributed by atoms with Gasteiger partial charge in [-0.25, -0.2) is 0 Å². The second-order valence-electron chi connectivity index (χ2n) is 7.30. The van der Waals surface area contributed by atoms with E-state index in [0.29, 0.717) is 12.0 Å². The molecule has 3 aliphatic rings. The van der Waals surface area contributed by atoms with Crippen LogP contribution < -0.4 is 5.32 Å². The molecule has 1 N–H and O–H groups in total. The molecule has 3 atom stereocenters. The highest BCUT2D eigenvalue weighted by Crippen LogP contribution is 2.34. The quantitative estimate of drug-likeness (QED) is 0.897. The Hall–Kier alpha value is -1.40. The van der Waals surface area contributed by atoms with Gasteiger partial charge in [0.2, 0.25) is 5.91 Å². The third kappa shape index (κ3) is 3.43. The van der Waals surface area contributed by atoms with Gasteiger partial charge in [0, 0.05) is 62.9 Å². The number of carbonyl (C=O) groups is 1. The maximum absolute atomic E-state index is 12.6. The van der Waals surface area contributed by atoms with E-state index in [0.717, 1.165) is 51.9 Å². The van der Waals surface area contributed by atoms with Gasteiger partial charge in [-0.3, -0.25) is 14.4 Å². The van der Waals surface area contributed by atoms with E-state index in [1.807, 2.05) is 17.9 Å². The van der Waals surface area contributed by atoms with Gasteiger partial charge in [-0.2, -0.15) is 5.10 Å². The summed E-state index contributed by atoms with van der Waals surface area (Å²) < 4.78 is 7.81. The Morgan fingerprint density at radius 3 is 3.00 bits per heavy atom. The minimum Gasteiger partial charge on any atom is -0.378 e. The zero-order chi connectivity index (χ0) is 15.8. The molecule has 3 heterocycles. The Morgan fingerprint density at radius 1 is 1.39 bits per heavy atom. The summed E-state index contributed by atoms with van der Waals surface area (Å²) in [5, 5.41) is 7.45. The van der Waals surface area contributed by atoms with Crippen molar-refractivity contribution in [3.63, 3.8) is 0 Å². The number of nitrogens with zero attached hydrogens (tertiary/aromatic N) is 3. The second-order valence-corrected chi connectivity index (χ2v) is 7.30. The minimum absolute atomic E-state index is 0.117. The molecule has 23 heavy (non-hydrogen) atoms. The fraction of sp³-hybridized carbons (Fsp3) is 0.765. The zero-order valence-corrected chi connectivity index (χ0v) is 13.8. The summed E-state index contributed by atoms with van der Waals surface area (Å²) in [7, 11) is 1.95. The third-order valence-corrected chi connectivity index (χ3v) is 5.38. The molecule has 0 radical (unpaired) electrons. The number of aryl methyl sites for hydroxylation is 1. The average molecular weight is 318 g/mol. The molecule has 6 heteroatoms. The van der Waals surface area contributed by atoms with E-state index in [9.17, 15) is 4.79 Å². The normalized spacial score (nSPS) is 31.6. The first-order valence-corrected chi connectivity index (χ1v) is 8.81. The first-order valence-electron chi connectivity index (χ1n) is 8.81. The largest absolute Gasteiger partial charge is 0.378 e. The average Bonchev–Trinajstić information content (AvgIpc) is 3.27. The Balaban J connectivity index is 1.41. The molecule has 126 valence electrons. The smallest absolute Gasteiger partial charge is 0.223 e. The predicted molar refractivity (Wildman–Crippen MR) is 85.6 cm³/mol. The number of piperidine rings is 1. The van der Waals surface area contributed by atoms with Crippen molar-refractivity contribution in [2.45, 2.75) is 44.4 Å². The highest BCUT2D eigenvalue weighted by molar-refractivity contribution is 5.79. The number of rotatable bonds is 4. The van der Waals surface area contributed by atoms with E-state index < -0.39 is 0 Å². The van der Waals surface area contributed by atoms with Crippen LogP contribution >= 0.6 is 0 Å². The molecule has 1 saturated carbocycles. The van der Waals surface area contributed by atoms with Gasteiger partial charge < -0.3 is 10.1 Å². The van der Waals surface area contributed by atoms with Crippen LogP contribution in [-0.4, -0.2) is 52.4 Å². The molecule has 0 bridgehead atoms. The lowest BCUT2D eigenvalue weighted by Crippen LogP contribution is -2.53. The van der Waals surface area contributed by atoms with Crippen molar-refractivity contribution >= 4 is 5.91 Å². The number of hydrogen-bond acceptors (Lipinski definition) is 4. The third-order valence-electron chi connectivity index (χ3n) is 5.38. The van der Waals surface area contributed by atoms with E-state index in [2.05, 4.69) is 21.5 Å². The fourth-order valence-electron chi connectivity index (χ4n) is 4.00. The van der Waals surface area contributed by atoms with Crippen LogP contribution in [0, 0.1) is 11.8 Å². The van der Waals surface area contributed by atoms with Crippen LogP contribution in [0.1, 0.15) is 31.2 Å². The molecule has 1 aliphatic carbocycles. The van der Waals surface area contributed by atoms with Crippen LogP contribution in [0.25, 0.3) is 0 Å². The summed E-state index contributed by atoms with van der Waals surface area (Å²) in [6.07, 6.45) is 8.44. The topological polar surface area (TPSA) is 59.4 Å². The lowest BCUT2D eigenvalue weighted by atomic mass is 9.79. The first-order chi connectivity index (χ1) is 11.2. The molecular weight excluding hydrogens is 292 g/mol. The molecule has 0 unspecified atom stereocenters. The van der Waals surface area contributed by atoms with Crippen molar-refractivity contribution in [3.8, 4) is 0 Å². The van der Waals surface area contributed by atoms with E-state index in [1.165, 1.54) is 5.56 Å². The number of aromatic nitrogens is 2. The predicted octanol–water partition coefficient (Wildman–Crippen LogP) is 0.926. The number of hydrogen-bond donors (Lipinski definition) is 1. The summed E-state index contributed by atoms with van der Waals surface area (Å²) in [4.78, 5) is 15.0. The molecular formula is C17H26N4O2. The highest BCUT2D eigenvalue weighted by Gasteiger charge is 2.42. The van der Waals surface area contributed by atoms with Crippen molar-refractivity contribution < 1.29 is 9.53 Å². The minimum atomic E-state index is 0.117. The number of ether oxygens (including phenoxy) is 1. The number of amides is 1. The number of fused-ring (bicyclic) bond motifs is 1. The Kier molecular flexibility index (Phi) is 4.11. The first kappa shape index (κ1) is 15.1. The fourth-order valence-corrected chi connectivity index (χ4v) is 4.00. The van der Waals surface area contributed by atoms with Crippen molar-refractivity contribution in [3.05, 3.63) is 18.0 Å². The van der Waals surface area contributed by atoms with E-state index >= 15 is 0 Å². The van der Waals surface area contributed by atoms with Crippen LogP contribution in [-0.2, 0) is 23.1 Å². The van der Waals surface area contributed by atoms with E-state index in [1.54, 1.807) is 0 Å². The lowest BCUT2D eigenvalue weighted by molar-refractivity contribution is -0.142. The SMILES string of the molecule is Cn1cc(CN2CC[C@H]3OCC[C@@H](C(=O)NC4CC4)[C@@H]3C2)cn1. The maximum Gasteiger partial charge on any atom is 0.223 e.